The zero-order valence-corrected chi connectivity index (χ0v) is 10.2. The molecule has 0 saturated heterocycles. The van der Waals surface area contributed by atoms with Crippen LogP contribution in [0.5, 0.6) is 0 Å². The van der Waals surface area contributed by atoms with E-state index in [2.05, 4.69) is 5.32 Å². The average Bonchev–Trinajstić information content (AvgIpc) is 2.78. The van der Waals surface area contributed by atoms with Crippen LogP contribution in [0.25, 0.3) is 11.3 Å². The Morgan fingerprint density at radius 2 is 2.12 bits per heavy atom. The maximum atomic E-state index is 13.1. The van der Waals surface area contributed by atoms with Crippen LogP contribution in [0.3, 0.4) is 0 Å². The summed E-state index contributed by atoms with van der Waals surface area (Å²) in [6.07, 6.45) is 0. The van der Waals surface area contributed by atoms with Crippen molar-refractivity contribution in [1.82, 2.24) is 5.32 Å². The molecule has 1 N–H and O–H groups in total. The van der Waals surface area contributed by atoms with E-state index in [-0.39, 0.29) is 5.82 Å². The van der Waals surface area contributed by atoms with Crippen LogP contribution in [0.2, 0.25) is 5.02 Å². The lowest BCUT2D eigenvalue weighted by molar-refractivity contribution is 0.498. The predicted octanol–water partition coefficient (Wildman–Crippen LogP) is 3.85. The first-order valence-electron chi connectivity index (χ1n) is 5.45. The van der Waals surface area contributed by atoms with E-state index in [1.54, 1.807) is 6.07 Å². The molecule has 2 nitrogen and oxygen atoms in total. The Morgan fingerprint density at radius 3 is 2.88 bits per heavy atom. The molecule has 2 rings (SSSR count). The van der Waals surface area contributed by atoms with Crippen molar-refractivity contribution in [2.45, 2.75) is 13.5 Å². The second-order valence-corrected chi connectivity index (χ2v) is 4.08. The van der Waals surface area contributed by atoms with Gasteiger partial charge in [-0.25, -0.2) is 4.39 Å². The summed E-state index contributed by atoms with van der Waals surface area (Å²) >= 11 is 6.00. The second kappa shape index (κ2) is 5.34. The molecule has 90 valence electrons. The fourth-order valence-electron chi connectivity index (χ4n) is 1.55. The van der Waals surface area contributed by atoms with Gasteiger partial charge in [-0.2, -0.15) is 0 Å². The molecular weight excluding hydrogens is 241 g/mol. The van der Waals surface area contributed by atoms with Crippen LogP contribution in [0.1, 0.15) is 12.7 Å². The minimum atomic E-state index is -0.325. The average molecular weight is 254 g/mol. The maximum absolute atomic E-state index is 13.1. The van der Waals surface area contributed by atoms with Gasteiger partial charge in [0, 0.05) is 5.56 Å². The minimum Gasteiger partial charge on any atom is -0.460 e. The summed E-state index contributed by atoms with van der Waals surface area (Å²) in [6.45, 7) is 3.55. The first kappa shape index (κ1) is 12.1. The van der Waals surface area contributed by atoms with Crippen LogP contribution in [0, 0.1) is 5.82 Å². The molecule has 0 fully saturated rings. The van der Waals surface area contributed by atoms with E-state index < -0.39 is 0 Å². The van der Waals surface area contributed by atoms with Crippen molar-refractivity contribution in [1.29, 1.82) is 0 Å². The molecule has 0 amide bonds. The van der Waals surface area contributed by atoms with Crippen LogP contribution < -0.4 is 5.32 Å². The molecule has 0 unspecified atom stereocenters. The van der Waals surface area contributed by atoms with E-state index in [4.69, 9.17) is 16.0 Å². The fraction of sp³-hybridized carbons (Fsp3) is 0.231. The number of hydrogen-bond donors (Lipinski definition) is 1. The van der Waals surface area contributed by atoms with Crippen LogP contribution in [-0.4, -0.2) is 6.54 Å². The third-order valence-electron chi connectivity index (χ3n) is 2.40. The summed E-state index contributed by atoms with van der Waals surface area (Å²) < 4.78 is 18.7. The van der Waals surface area contributed by atoms with Crippen LogP contribution in [0.15, 0.2) is 34.7 Å². The van der Waals surface area contributed by atoms with Crippen LogP contribution in [0.4, 0.5) is 4.39 Å². The molecule has 0 saturated carbocycles. The van der Waals surface area contributed by atoms with Gasteiger partial charge in [0.2, 0.25) is 0 Å². The van der Waals surface area contributed by atoms with Crippen molar-refractivity contribution in [3.8, 4) is 11.3 Å². The number of benzene rings is 1. The van der Waals surface area contributed by atoms with E-state index >= 15 is 0 Å². The van der Waals surface area contributed by atoms with Crippen molar-refractivity contribution < 1.29 is 8.81 Å². The molecule has 0 atom stereocenters. The van der Waals surface area contributed by atoms with Crippen LogP contribution >= 0.6 is 11.6 Å². The minimum absolute atomic E-state index is 0.325. The lowest BCUT2D eigenvalue weighted by Crippen LogP contribution is -2.10. The summed E-state index contributed by atoms with van der Waals surface area (Å²) in [5, 5.41) is 3.64. The third kappa shape index (κ3) is 2.87. The Labute approximate surface area is 104 Å². The largest absolute Gasteiger partial charge is 0.460 e. The highest BCUT2D eigenvalue weighted by atomic mass is 35.5. The molecule has 0 bridgehead atoms. The van der Waals surface area contributed by atoms with Crippen molar-refractivity contribution >= 4 is 11.6 Å². The first-order valence-corrected chi connectivity index (χ1v) is 5.83. The number of nitrogens with one attached hydrogen (secondary N) is 1. The summed E-state index contributed by atoms with van der Waals surface area (Å²) in [5.74, 6) is 1.07. The smallest absolute Gasteiger partial charge is 0.135 e. The normalized spacial score (nSPS) is 10.8. The number of furan rings is 1. The molecule has 17 heavy (non-hydrogen) atoms. The molecule has 4 heteroatoms. The quantitative estimate of drug-likeness (QED) is 0.895. The number of hydrogen-bond acceptors (Lipinski definition) is 2. The summed E-state index contributed by atoms with van der Waals surface area (Å²) in [4.78, 5) is 0. The van der Waals surface area contributed by atoms with Gasteiger partial charge in [-0.05, 0) is 36.9 Å². The standard InChI is InChI=1S/C13H13ClFNO/c1-2-16-8-10-4-6-13(17-10)11-7-9(15)3-5-12(11)14/h3-7,16H,2,8H2,1H3. The van der Waals surface area contributed by atoms with Gasteiger partial charge in [-0.3, -0.25) is 0 Å². The van der Waals surface area contributed by atoms with Gasteiger partial charge in [-0.15, -0.1) is 0 Å². The first-order chi connectivity index (χ1) is 8.20. The van der Waals surface area contributed by atoms with Gasteiger partial charge in [-0.1, -0.05) is 18.5 Å². The monoisotopic (exact) mass is 253 g/mol. The Morgan fingerprint density at radius 1 is 1.29 bits per heavy atom. The second-order valence-electron chi connectivity index (χ2n) is 3.67. The number of rotatable bonds is 4. The van der Waals surface area contributed by atoms with Crippen molar-refractivity contribution in [2.75, 3.05) is 6.54 Å². The Bertz CT molecular complexity index is 510. The molecule has 1 aromatic carbocycles. The Hall–Kier alpha value is -1.32. The Kier molecular flexibility index (Phi) is 3.82. The molecule has 0 radical (unpaired) electrons. The van der Waals surface area contributed by atoms with E-state index in [0.29, 0.717) is 22.9 Å². The summed E-state index contributed by atoms with van der Waals surface area (Å²) in [5.41, 5.74) is 0.578. The van der Waals surface area contributed by atoms with E-state index in [1.165, 1.54) is 18.2 Å². The SMILES string of the molecule is CCNCc1ccc(-c2cc(F)ccc2Cl)o1. The molecular formula is C13H13ClFNO. The van der Waals surface area contributed by atoms with Crippen molar-refractivity contribution in [2.24, 2.45) is 0 Å². The fourth-order valence-corrected chi connectivity index (χ4v) is 1.76. The summed E-state index contributed by atoms with van der Waals surface area (Å²) in [6, 6.07) is 7.89. The zero-order valence-electron chi connectivity index (χ0n) is 9.47. The number of halogens is 2. The molecule has 0 aliphatic rings. The van der Waals surface area contributed by atoms with Crippen LogP contribution in [-0.2, 0) is 6.54 Å². The van der Waals surface area contributed by atoms with Gasteiger partial charge in [0.05, 0.1) is 11.6 Å². The highest BCUT2D eigenvalue weighted by Gasteiger charge is 2.09. The maximum Gasteiger partial charge on any atom is 0.135 e. The van der Waals surface area contributed by atoms with E-state index in [1.807, 2.05) is 13.0 Å². The molecule has 0 aliphatic heterocycles. The molecule has 1 heterocycles. The molecule has 0 spiro atoms. The highest BCUT2D eigenvalue weighted by Crippen LogP contribution is 2.29. The zero-order chi connectivity index (χ0) is 12.3. The van der Waals surface area contributed by atoms with Crippen molar-refractivity contribution in [3.05, 3.63) is 46.9 Å². The van der Waals surface area contributed by atoms with Gasteiger partial charge >= 0.3 is 0 Å². The molecule has 2 aromatic rings. The van der Waals surface area contributed by atoms with E-state index in [0.717, 1.165) is 12.3 Å². The van der Waals surface area contributed by atoms with Gasteiger partial charge in [0.1, 0.15) is 17.3 Å². The van der Waals surface area contributed by atoms with Gasteiger partial charge in [0.15, 0.2) is 0 Å². The third-order valence-corrected chi connectivity index (χ3v) is 2.73. The lowest BCUT2D eigenvalue weighted by atomic mass is 10.2. The molecule has 1 aromatic heterocycles. The Balaban J connectivity index is 2.27. The van der Waals surface area contributed by atoms with Crippen molar-refractivity contribution in [3.63, 3.8) is 0 Å². The highest BCUT2D eigenvalue weighted by molar-refractivity contribution is 6.33. The van der Waals surface area contributed by atoms with E-state index in [9.17, 15) is 4.39 Å². The predicted molar refractivity (Wildman–Crippen MR) is 66.5 cm³/mol. The molecule has 0 aliphatic carbocycles. The lowest BCUT2D eigenvalue weighted by Gasteiger charge is -2.01. The topological polar surface area (TPSA) is 25.2 Å². The van der Waals surface area contributed by atoms with Gasteiger partial charge in [0.25, 0.3) is 0 Å². The summed E-state index contributed by atoms with van der Waals surface area (Å²) in [7, 11) is 0. The van der Waals surface area contributed by atoms with Gasteiger partial charge < -0.3 is 9.73 Å².